The van der Waals surface area contributed by atoms with E-state index in [1.54, 1.807) is 18.2 Å². The molecule has 2 aromatic rings. The van der Waals surface area contributed by atoms with Crippen molar-refractivity contribution in [1.82, 2.24) is 5.32 Å². The van der Waals surface area contributed by atoms with Gasteiger partial charge in [0, 0.05) is 34.3 Å². The largest absolute Gasteiger partial charge is 0.376 e. The molecule has 2 aliphatic carbocycles. The number of carbonyl (C=O) groups is 2. The molecule has 5 rings (SSSR count). The predicted octanol–water partition coefficient (Wildman–Crippen LogP) is 5.30. The molecule has 36 heavy (non-hydrogen) atoms. The van der Waals surface area contributed by atoms with Gasteiger partial charge in [0.2, 0.25) is 5.91 Å². The van der Waals surface area contributed by atoms with Gasteiger partial charge in [-0.3, -0.25) is 14.5 Å². The van der Waals surface area contributed by atoms with Gasteiger partial charge in [-0.2, -0.15) is 5.26 Å². The van der Waals surface area contributed by atoms with Crippen LogP contribution in [0.25, 0.3) is 0 Å². The van der Waals surface area contributed by atoms with Gasteiger partial charge in [0.05, 0.1) is 12.6 Å². The summed E-state index contributed by atoms with van der Waals surface area (Å²) in [5.74, 6) is -0.973. The van der Waals surface area contributed by atoms with Crippen molar-refractivity contribution in [2.75, 3.05) is 16.3 Å². The maximum Gasteiger partial charge on any atom is 0.255 e. The zero-order valence-corrected chi connectivity index (χ0v) is 20.1. The van der Waals surface area contributed by atoms with Gasteiger partial charge in [0.1, 0.15) is 11.9 Å². The molecule has 0 saturated heterocycles. The van der Waals surface area contributed by atoms with Crippen molar-refractivity contribution in [3.63, 3.8) is 0 Å². The smallest absolute Gasteiger partial charge is 0.255 e. The maximum absolute atomic E-state index is 14.3. The van der Waals surface area contributed by atoms with Gasteiger partial charge in [-0.1, -0.05) is 49.6 Å². The summed E-state index contributed by atoms with van der Waals surface area (Å²) in [6.07, 6.45) is 10.3. The van der Waals surface area contributed by atoms with Gasteiger partial charge in [-0.15, -0.1) is 0 Å². The molecule has 0 aromatic heterocycles. The summed E-state index contributed by atoms with van der Waals surface area (Å²) in [5, 5.41) is 12.3. The number of hydrogen-bond donors (Lipinski definition) is 1. The highest BCUT2D eigenvalue weighted by Crippen LogP contribution is 2.44. The Morgan fingerprint density at radius 2 is 1.94 bits per heavy atom. The second kappa shape index (κ2) is 10.4. The van der Waals surface area contributed by atoms with Crippen LogP contribution in [0.3, 0.4) is 0 Å². The topological polar surface area (TPSA) is 76.4 Å². The minimum Gasteiger partial charge on any atom is -0.376 e. The number of nitrogens with one attached hydrogen (secondary N) is 1. The van der Waals surface area contributed by atoms with Crippen LogP contribution >= 0.6 is 0 Å². The Morgan fingerprint density at radius 3 is 2.72 bits per heavy atom. The summed E-state index contributed by atoms with van der Waals surface area (Å²) >= 11 is 0. The van der Waals surface area contributed by atoms with Crippen LogP contribution in [-0.2, 0) is 9.59 Å². The molecule has 1 unspecified atom stereocenters. The van der Waals surface area contributed by atoms with Crippen molar-refractivity contribution in [1.29, 1.82) is 5.26 Å². The molecule has 1 aliphatic heterocycles. The molecular weight excluding hydrogens is 455 g/mol. The fourth-order valence-corrected chi connectivity index (χ4v) is 5.53. The van der Waals surface area contributed by atoms with Gasteiger partial charge < -0.3 is 10.2 Å². The van der Waals surface area contributed by atoms with E-state index in [-0.39, 0.29) is 24.4 Å². The van der Waals surface area contributed by atoms with Gasteiger partial charge in [0.15, 0.2) is 0 Å². The van der Waals surface area contributed by atoms with E-state index in [4.69, 9.17) is 0 Å². The van der Waals surface area contributed by atoms with E-state index in [1.165, 1.54) is 23.5 Å². The monoisotopic (exact) mass is 484 g/mol. The molecule has 184 valence electrons. The standard InChI is InChI=1S/C29H29FN4O2/c30-21-9-7-13-24(17-21)34(27(35)19-32-22-10-6-8-20(16-22)18-31)28-25-14-4-5-15-26(25)33(29(28)36)23-11-2-1-3-12-23/h4-5,7,9-10,13-17,23,28,32H,1-3,6,8,11-12,19H2. The summed E-state index contributed by atoms with van der Waals surface area (Å²) in [6, 6.07) is 14.8. The van der Waals surface area contributed by atoms with E-state index >= 15 is 0 Å². The van der Waals surface area contributed by atoms with Gasteiger partial charge in [0.25, 0.3) is 5.91 Å². The molecule has 0 radical (unpaired) electrons. The van der Waals surface area contributed by atoms with Crippen molar-refractivity contribution in [3.8, 4) is 6.07 Å². The second-order valence-corrected chi connectivity index (χ2v) is 9.54. The maximum atomic E-state index is 14.3. The van der Waals surface area contributed by atoms with Crippen molar-refractivity contribution in [2.24, 2.45) is 0 Å². The lowest BCUT2D eigenvalue weighted by molar-refractivity contribution is -0.124. The van der Waals surface area contributed by atoms with Gasteiger partial charge >= 0.3 is 0 Å². The number of fused-ring (bicyclic) bond motifs is 1. The normalized spacial score (nSPS) is 19.7. The lowest BCUT2D eigenvalue weighted by Crippen LogP contribution is -2.47. The van der Waals surface area contributed by atoms with Crippen molar-refractivity contribution in [2.45, 2.75) is 57.0 Å². The van der Waals surface area contributed by atoms with Crippen LogP contribution in [0.5, 0.6) is 0 Å². The number of allylic oxidation sites excluding steroid dienone is 3. The number of benzene rings is 2. The number of carbonyl (C=O) groups excluding carboxylic acids is 2. The summed E-state index contributed by atoms with van der Waals surface area (Å²) < 4.78 is 14.3. The summed E-state index contributed by atoms with van der Waals surface area (Å²) in [5.41, 5.74) is 3.28. The highest BCUT2D eigenvalue weighted by molar-refractivity contribution is 6.12. The molecule has 2 aromatic carbocycles. The third-order valence-corrected chi connectivity index (χ3v) is 7.21. The molecule has 6 nitrogen and oxygen atoms in total. The van der Waals surface area contributed by atoms with Crippen molar-refractivity contribution >= 4 is 23.2 Å². The highest BCUT2D eigenvalue weighted by atomic mass is 19.1. The first kappa shape index (κ1) is 23.8. The SMILES string of the molecule is N#CC1=CC(NCC(=O)N(c2cccc(F)c2)C2C(=O)N(C3CCCCC3)c3ccccc32)=CCC1. The van der Waals surface area contributed by atoms with Crippen LogP contribution in [-0.4, -0.2) is 24.4 Å². The molecular formula is C29H29FN4O2. The van der Waals surface area contributed by atoms with Crippen LogP contribution < -0.4 is 15.1 Å². The Labute approximate surface area is 210 Å². The Hall–Kier alpha value is -3.92. The molecule has 1 N–H and O–H groups in total. The van der Waals surface area contributed by atoms with E-state index in [1.807, 2.05) is 35.2 Å². The highest BCUT2D eigenvalue weighted by Gasteiger charge is 2.45. The van der Waals surface area contributed by atoms with E-state index in [0.29, 0.717) is 29.8 Å². The van der Waals surface area contributed by atoms with E-state index in [2.05, 4.69) is 11.4 Å². The van der Waals surface area contributed by atoms with Crippen LogP contribution in [0.1, 0.15) is 56.6 Å². The number of rotatable bonds is 6. The zero-order valence-electron chi connectivity index (χ0n) is 20.1. The summed E-state index contributed by atoms with van der Waals surface area (Å²) in [7, 11) is 0. The molecule has 7 heteroatoms. The minimum atomic E-state index is -0.871. The number of hydrogen-bond acceptors (Lipinski definition) is 4. The molecule has 1 saturated carbocycles. The molecule has 1 heterocycles. The number of nitriles is 1. The molecule has 1 atom stereocenters. The average Bonchev–Trinajstić information content (AvgIpc) is 3.20. The Morgan fingerprint density at radius 1 is 1.14 bits per heavy atom. The number of para-hydroxylation sites is 1. The fourth-order valence-electron chi connectivity index (χ4n) is 5.53. The quantitative estimate of drug-likeness (QED) is 0.604. The number of halogens is 1. The minimum absolute atomic E-state index is 0.0903. The van der Waals surface area contributed by atoms with Crippen LogP contribution in [0, 0.1) is 17.1 Å². The number of amides is 2. The first-order chi connectivity index (χ1) is 17.6. The average molecular weight is 485 g/mol. The van der Waals surface area contributed by atoms with Crippen LogP contribution in [0.15, 0.2) is 72.0 Å². The molecule has 3 aliphatic rings. The Kier molecular flexibility index (Phi) is 6.86. The van der Waals surface area contributed by atoms with E-state index in [9.17, 15) is 19.2 Å². The Bertz CT molecular complexity index is 1270. The fraction of sp³-hybridized carbons (Fsp3) is 0.345. The third kappa shape index (κ3) is 4.64. The Balaban J connectivity index is 1.49. The summed E-state index contributed by atoms with van der Waals surface area (Å²) in [6.45, 7) is -0.0903. The predicted molar refractivity (Wildman–Crippen MR) is 136 cm³/mol. The lowest BCUT2D eigenvalue weighted by atomic mass is 9.94. The third-order valence-electron chi connectivity index (χ3n) is 7.21. The van der Waals surface area contributed by atoms with Gasteiger partial charge in [-0.05, 0) is 56.0 Å². The first-order valence-electron chi connectivity index (χ1n) is 12.6. The zero-order chi connectivity index (χ0) is 25.1. The van der Waals surface area contributed by atoms with Gasteiger partial charge in [-0.25, -0.2) is 4.39 Å². The van der Waals surface area contributed by atoms with Crippen molar-refractivity contribution < 1.29 is 14.0 Å². The van der Waals surface area contributed by atoms with E-state index < -0.39 is 11.9 Å². The van der Waals surface area contributed by atoms with E-state index in [0.717, 1.165) is 36.9 Å². The lowest BCUT2D eigenvalue weighted by Gasteiger charge is -2.33. The summed E-state index contributed by atoms with van der Waals surface area (Å²) in [4.78, 5) is 31.0. The number of anilines is 2. The van der Waals surface area contributed by atoms with Crippen LogP contribution in [0.2, 0.25) is 0 Å². The first-order valence-corrected chi connectivity index (χ1v) is 12.6. The van der Waals surface area contributed by atoms with Crippen LogP contribution in [0.4, 0.5) is 15.8 Å². The number of nitrogens with zero attached hydrogens (tertiary/aromatic N) is 3. The molecule has 0 spiro atoms. The second-order valence-electron chi connectivity index (χ2n) is 9.54. The molecule has 2 amide bonds. The molecule has 0 bridgehead atoms. The van der Waals surface area contributed by atoms with Crippen molar-refractivity contribution in [3.05, 3.63) is 83.3 Å². The molecule has 1 fully saturated rings.